The van der Waals surface area contributed by atoms with Crippen LogP contribution in [0.5, 0.6) is 0 Å². The molecule has 0 atom stereocenters. The van der Waals surface area contributed by atoms with Crippen LogP contribution in [-0.4, -0.2) is 23.1 Å². The molecule has 40 valence electrons. The van der Waals surface area contributed by atoms with Crippen LogP contribution in [0.3, 0.4) is 0 Å². The van der Waals surface area contributed by atoms with E-state index in [9.17, 15) is 4.81 Å². The number of hydrogen-bond donors (Lipinski definition) is 0. The molecule has 7 heteroatoms. The maximum absolute atomic E-state index is 9.89. The Morgan fingerprint density at radius 1 is 0.857 bits per heavy atom. The van der Waals surface area contributed by atoms with Crippen LogP contribution in [0.2, 0.25) is 0 Å². The summed E-state index contributed by atoms with van der Waals surface area (Å²) >= 11 is -5.22. The summed E-state index contributed by atoms with van der Waals surface area (Å²) in [5.41, 5.74) is 0. The molecule has 0 aromatic carbocycles. The van der Waals surface area contributed by atoms with Gasteiger partial charge in [0.1, 0.15) is 0 Å². The second kappa shape index (κ2) is 15.6. The van der Waals surface area contributed by atoms with Gasteiger partial charge < -0.3 is 9.41 Å². The first-order valence-corrected chi connectivity index (χ1v) is 4.77. The van der Waals surface area contributed by atoms with E-state index in [0.717, 1.165) is 0 Å². The molecule has 0 aliphatic heterocycles. The third kappa shape index (κ3) is 92.3. The topological polar surface area (TPSA) is 0 Å². The second-order valence-corrected chi connectivity index (χ2v) is 1.80. The van der Waals surface area contributed by atoms with Crippen molar-refractivity contribution >= 4 is 23.1 Å². The van der Waals surface area contributed by atoms with E-state index in [1.807, 2.05) is 0 Å². The molecule has 0 aromatic heterocycles. The van der Waals surface area contributed by atoms with E-state index in [-0.39, 0.29) is 32.5 Å². The summed E-state index contributed by atoms with van der Waals surface area (Å²) in [6.07, 6.45) is 0. The Morgan fingerprint density at radius 3 is 0.857 bits per heavy atom. The molecular formula is F5LaMg. The molecule has 0 nitrogen and oxygen atoms in total. The Labute approximate surface area is 68.7 Å². The normalized spacial score (nSPS) is 3.86. The molecule has 0 fully saturated rings. The Balaban J connectivity index is -0.0000000150. The first-order chi connectivity index (χ1) is 1.73. The second-order valence-electron chi connectivity index (χ2n) is 0.247. The van der Waals surface area contributed by atoms with Crippen molar-refractivity contribution in [2.45, 2.75) is 0 Å². The van der Waals surface area contributed by atoms with Crippen LogP contribution in [0.4, 0.5) is 4.81 Å². The maximum atomic E-state index is 9.89. The largest absolute Gasteiger partial charge is 2.00 e. The maximum Gasteiger partial charge on any atom is 2.00 e. The Morgan fingerprint density at radius 2 is 0.857 bits per heavy atom. The van der Waals surface area contributed by atoms with Crippen molar-refractivity contribution in [1.29, 1.82) is 0 Å². The minimum Gasteiger partial charge on any atom is 2.00 e. The van der Waals surface area contributed by atoms with Crippen molar-refractivity contribution in [1.82, 2.24) is 0 Å². The minimum atomic E-state index is -5.22. The van der Waals surface area contributed by atoms with Gasteiger partial charge >= 0.3 is 60.1 Å². The molecule has 0 saturated carbocycles. The first-order valence-electron chi connectivity index (χ1n) is 0.655. The van der Waals surface area contributed by atoms with Crippen molar-refractivity contribution in [2.24, 2.45) is 0 Å². The average Bonchev–Trinajstić information content (AvgIpc) is 0.811. The van der Waals surface area contributed by atoms with E-state index in [1.54, 1.807) is 0 Å². The van der Waals surface area contributed by atoms with E-state index in [4.69, 9.17) is 0 Å². The fourth-order valence-corrected chi connectivity index (χ4v) is 0. The fraction of sp³-hybridized carbons (Fsp3) is 0. The van der Waals surface area contributed by atoms with E-state index in [2.05, 4.69) is 0 Å². The molecule has 0 amide bonds. The Kier molecular flexibility index (Phi) is 52.4. The third-order valence-electron chi connectivity index (χ3n) is 0. The van der Waals surface area contributed by atoms with Crippen LogP contribution in [0.25, 0.3) is 0 Å². The van der Waals surface area contributed by atoms with Gasteiger partial charge in [0.2, 0.25) is 0 Å². The van der Waals surface area contributed by atoms with E-state index < -0.39 is 32.2 Å². The van der Waals surface area contributed by atoms with Gasteiger partial charge in [-0.3, -0.25) is 0 Å². The number of hydrogen-bond acceptors (Lipinski definition) is 0. The summed E-state index contributed by atoms with van der Waals surface area (Å²) in [6, 6.07) is 0. The van der Waals surface area contributed by atoms with Crippen molar-refractivity contribution in [3.63, 3.8) is 0 Å². The molecule has 7 heavy (non-hydrogen) atoms. The van der Waals surface area contributed by atoms with Gasteiger partial charge in [-0.1, -0.05) is 0 Å². The zero-order valence-electron chi connectivity index (χ0n) is 3.17. The van der Waals surface area contributed by atoms with Gasteiger partial charge in [-0.25, -0.2) is 0 Å². The summed E-state index contributed by atoms with van der Waals surface area (Å²) in [5, 5.41) is 0. The van der Waals surface area contributed by atoms with Gasteiger partial charge in [0.15, 0.2) is 0 Å². The number of rotatable bonds is 0. The van der Waals surface area contributed by atoms with Crippen LogP contribution in [0.1, 0.15) is 0 Å². The van der Waals surface area contributed by atoms with Gasteiger partial charge in [0, 0.05) is 0 Å². The van der Waals surface area contributed by atoms with Crippen molar-refractivity contribution < 1.29 is 46.5 Å². The van der Waals surface area contributed by atoms with Gasteiger partial charge in [0.25, 0.3) is 0 Å². The molecular weight excluding hydrogens is 258 g/mol. The van der Waals surface area contributed by atoms with E-state index in [0.29, 0.717) is 0 Å². The van der Waals surface area contributed by atoms with Crippen LogP contribution in [-0.2, 0) is 0 Å². The minimum absolute atomic E-state index is 0. The van der Waals surface area contributed by atoms with Crippen LogP contribution < -0.4 is 9.41 Å². The molecule has 0 N–H and O–H groups in total. The molecule has 0 spiro atoms. The molecule has 0 aromatic rings. The van der Waals surface area contributed by atoms with E-state index in [1.165, 1.54) is 0 Å². The van der Waals surface area contributed by atoms with Crippen LogP contribution >= 0.6 is 0 Å². The molecule has 0 saturated heterocycles. The van der Waals surface area contributed by atoms with Gasteiger partial charge in [-0.05, 0) is 0 Å². The summed E-state index contributed by atoms with van der Waals surface area (Å²) in [5.74, 6) is 0. The molecule has 0 heterocycles. The van der Waals surface area contributed by atoms with E-state index >= 15 is 0 Å². The molecule has 0 aliphatic carbocycles. The molecule has 0 bridgehead atoms. The van der Waals surface area contributed by atoms with Crippen LogP contribution in [0.15, 0.2) is 0 Å². The number of halogens is 5. The average molecular weight is 258 g/mol. The predicted molar refractivity (Wildman–Crippen MR) is 9.08 cm³/mol. The standard InChI is InChI=1S/5FH.La.Mg/h5*1H;;/q;;;;;+3;+2/p-5. The summed E-state index contributed by atoms with van der Waals surface area (Å²) < 4.78 is 29.7. The fourth-order valence-electron chi connectivity index (χ4n) is 0. The molecule has 0 unspecified atom stereocenters. The summed E-state index contributed by atoms with van der Waals surface area (Å²) in [7, 11) is 0. The summed E-state index contributed by atoms with van der Waals surface area (Å²) in [4.78, 5) is 0. The SMILES string of the molecule is [F-].[F-].[F][La]([F])[F].[Mg+2]. The zero-order valence-corrected chi connectivity index (χ0v) is 8.21. The third-order valence-corrected chi connectivity index (χ3v) is 0. The van der Waals surface area contributed by atoms with Crippen molar-refractivity contribution in [3.05, 3.63) is 0 Å². The first kappa shape index (κ1) is 23.5. The van der Waals surface area contributed by atoms with Gasteiger partial charge in [0.05, 0.1) is 0 Å². The zero-order chi connectivity index (χ0) is 3.58. The van der Waals surface area contributed by atoms with Gasteiger partial charge in [-0.2, -0.15) is 0 Å². The van der Waals surface area contributed by atoms with Crippen molar-refractivity contribution in [3.8, 4) is 0 Å². The monoisotopic (exact) mass is 258 g/mol. The quantitative estimate of drug-likeness (QED) is 0.301. The Bertz CT molecular complexity index is 12.8. The Hall–Kier alpha value is 1.61. The van der Waals surface area contributed by atoms with Crippen molar-refractivity contribution in [2.75, 3.05) is 0 Å². The summed E-state index contributed by atoms with van der Waals surface area (Å²) in [6.45, 7) is 0. The molecule has 0 radical (unpaired) electrons. The predicted octanol–water partition coefficient (Wildman–Crippen LogP) is -5.11. The van der Waals surface area contributed by atoms with Gasteiger partial charge in [-0.15, -0.1) is 0 Å². The molecule has 0 aliphatic rings. The van der Waals surface area contributed by atoms with Crippen LogP contribution in [0, 0.1) is 32.2 Å². The molecule has 0 rings (SSSR count). The smallest absolute Gasteiger partial charge is 2.00 e.